The second-order valence-electron chi connectivity index (χ2n) is 5.73. The van der Waals surface area contributed by atoms with Crippen molar-refractivity contribution in [3.8, 4) is 5.88 Å². The lowest BCUT2D eigenvalue weighted by atomic mass is 10.0. The lowest BCUT2D eigenvalue weighted by molar-refractivity contribution is 0.224. The zero-order chi connectivity index (χ0) is 15.3. The highest BCUT2D eigenvalue weighted by Gasteiger charge is 2.17. The molecule has 0 saturated carbocycles. The highest BCUT2D eigenvalue weighted by molar-refractivity contribution is 7.15. The second-order valence-corrected chi connectivity index (χ2v) is 6.79. The Labute approximate surface area is 126 Å². The molecule has 1 rings (SSSR count). The Kier molecular flexibility index (Phi) is 6.71. The van der Waals surface area contributed by atoms with Gasteiger partial charge >= 0.3 is 0 Å². The number of ether oxygens (including phenoxy) is 1. The summed E-state index contributed by atoms with van der Waals surface area (Å²) < 4.78 is 5.35. The van der Waals surface area contributed by atoms with Crippen LogP contribution in [0.4, 0.5) is 5.13 Å². The Morgan fingerprint density at radius 1 is 1.25 bits per heavy atom. The Morgan fingerprint density at radius 2 is 1.90 bits per heavy atom. The van der Waals surface area contributed by atoms with Gasteiger partial charge in [0, 0.05) is 33.2 Å². The van der Waals surface area contributed by atoms with E-state index in [0.29, 0.717) is 12.0 Å². The third kappa shape index (κ3) is 4.61. The van der Waals surface area contributed by atoms with Gasteiger partial charge in [0.05, 0.1) is 12.0 Å². The zero-order valence-corrected chi connectivity index (χ0v) is 14.5. The molecule has 1 atom stereocenters. The van der Waals surface area contributed by atoms with Gasteiger partial charge in [-0.15, -0.1) is 0 Å². The minimum absolute atomic E-state index is 0.530. The number of nitrogens with zero attached hydrogens (tertiary/aromatic N) is 3. The maximum Gasteiger partial charge on any atom is 0.230 e. The Morgan fingerprint density at radius 3 is 2.35 bits per heavy atom. The van der Waals surface area contributed by atoms with E-state index in [4.69, 9.17) is 4.74 Å². The van der Waals surface area contributed by atoms with E-state index in [1.165, 1.54) is 0 Å². The molecule has 0 fully saturated rings. The van der Waals surface area contributed by atoms with Crippen LogP contribution in [-0.2, 0) is 6.54 Å². The molecule has 0 aliphatic heterocycles. The summed E-state index contributed by atoms with van der Waals surface area (Å²) in [4.78, 5) is 9.90. The first kappa shape index (κ1) is 17.2. The molecule has 1 aromatic heterocycles. The van der Waals surface area contributed by atoms with Crippen LogP contribution < -0.4 is 15.0 Å². The second kappa shape index (κ2) is 7.81. The Bertz CT molecular complexity index is 396. The summed E-state index contributed by atoms with van der Waals surface area (Å²) in [5.41, 5.74) is 0. The molecular weight excluding hydrogens is 272 g/mol. The van der Waals surface area contributed by atoms with Crippen molar-refractivity contribution >= 4 is 16.5 Å². The van der Waals surface area contributed by atoms with Crippen LogP contribution in [0.2, 0.25) is 0 Å². The quantitative estimate of drug-likeness (QED) is 0.794. The first-order chi connectivity index (χ1) is 9.36. The molecule has 0 radical (unpaired) electrons. The molecule has 0 aliphatic carbocycles. The van der Waals surface area contributed by atoms with Crippen LogP contribution in [0.15, 0.2) is 0 Å². The topological polar surface area (TPSA) is 40.6 Å². The van der Waals surface area contributed by atoms with Gasteiger partial charge in [-0.05, 0) is 20.0 Å². The number of nitrogens with one attached hydrogen (secondary N) is 1. The van der Waals surface area contributed by atoms with Crippen molar-refractivity contribution in [2.24, 2.45) is 5.92 Å². The van der Waals surface area contributed by atoms with E-state index < -0.39 is 0 Å². The SMILES string of the molecule is COc1nc(N(C)C)sc1CNCC(C(C)C)N(C)C. The zero-order valence-electron chi connectivity index (χ0n) is 13.7. The molecule has 0 saturated heterocycles. The maximum absolute atomic E-state index is 5.35. The average Bonchev–Trinajstić information content (AvgIpc) is 2.77. The number of hydrogen-bond donors (Lipinski definition) is 1. The Balaban J connectivity index is 2.61. The van der Waals surface area contributed by atoms with E-state index in [1.807, 2.05) is 19.0 Å². The first-order valence-electron chi connectivity index (χ1n) is 6.95. The molecule has 6 heteroatoms. The molecule has 1 aromatic rings. The standard InChI is InChI=1S/C14H28N4OS/c1-10(2)11(17(3)4)8-15-9-12-13(19-7)16-14(20-12)18(5)6/h10-11,15H,8-9H2,1-7H3. The minimum Gasteiger partial charge on any atom is -0.480 e. The van der Waals surface area contributed by atoms with Crippen LogP contribution in [0, 0.1) is 5.92 Å². The third-order valence-electron chi connectivity index (χ3n) is 3.30. The number of anilines is 1. The molecule has 20 heavy (non-hydrogen) atoms. The van der Waals surface area contributed by atoms with Crippen molar-refractivity contribution in [3.05, 3.63) is 4.88 Å². The van der Waals surface area contributed by atoms with Gasteiger partial charge in [0.25, 0.3) is 0 Å². The molecule has 1 unspecified atom stereocenters. The first-order valence-corrected chi connectivity index (χ1v) is 7.76. The van der Waals surface area contributed by atoms with Crippen LogP contribution in [0.25, 0.3) is 0 Å². The number of hydrogen-bond acceptors (Lipinski definition) is 6. The van der Waals surface area contributed by atoms with Gasteiger partial charge in [-0.1, -0.05) is 25.2 Å². The number of aromatic nitrogens is 1. The molecular formula is C14H28N4OS. The fraction of sp³-hybridized carbons (Fsp3) is 0.786. The van der Waals surface area contributed by atoms with E-state index in [1.54, 1.807) is 18.4 Å². The van der Waals surface area contributed by atoms with Crippen molar-refractivity contribution in [2.75, 3.05) is 46.7 Å². The minimum atomic E-state index is 0.530. The van der Waals surface area contributed by atoms with Gasteiger partial charge in [0.1, 0.15) is 0 Å². The van der Waals surface area contributed by atoms with E-state index in [-0.39, 0.29) is 0 Å². The summed E-state index contributed by atoms with van der Waals surface area (Å²) in [5.74, 6) is 1.36. The average molecular weight is 300 g/mol. The number of methoxy groups -OCH3 is 1. The molecule has 0 aromatic carbocycles. The predicted molar refractivity (Wildman–Crippen MR) is 87.0 cm³/mol. The van der Waals surface area contributed by atoms with Crippen LogP contribution in [0.5, 0.6) is 5.88 Å². The molecule has 116 valence electrons. The van der Waals surface area contributed by atoms with Gasteiger partial charge in [0.2, 0.25) is 5.88 Å². The Hall–Kier alpha value is -0.850. The van der Waals surface area contributed by atoms with Crippen molar-refractivity contribution in [1.29, 1.82) is 0 Å². The highest BCUT2D eigenvalue weighted by Crippen LogP contribution is 2.30. The fourth-order valence-corrected chi connectivity index (χ4v) is 3.06. The van der Waals surface area contributed by atoms with E-state index in [2.05, 4.69) is 43.1 Å². The summed E-state index contributed by atoms with van der Waals surface area (Å²) in [7, 11) is 9.93. The van der Waals surface area contributed by atoms with Crippen molar-refractivity contribution in [3.63, 3.8) is 0 Å². The molecule has 5 nitrogen and oxygen atoms in total. The van der Waals surface area contributed by atoms with E-state index >= 15 is 0 Å². The largest absolute Gasteiger partial charge is 0.480 e. The molecule has 0 aliphatic rings. The summed E-state index contributed by atoms with van der Waals surface area (Å²) >= 11 is 1.67. The molecule has 0 bridgehead atoms. The van der Waals surface area contributed by atoms with E-state index in [9.17, 15) is 0 Å². The fourth-order valence-electron chi connectivity index (χ4n) is 2.14. The van der Waals surface area contributed by atoms with Gasteiger partial charge in [-0.25, -0.2) is 0 Å². The normalized spacial score (nSPS) is 13.1. The summed E-state index contributed by atoms with van der Waals surface area (Å²) in [6.45, 7) is 6.27. The third-order valence-corrected chi connectivity index (χ3v) is 4.50. The van der Waals surface area contributed by atoms with Crippen LogP contribution in [0.3, 0.4) is 0 Å². The van der Waals surface area contributed by atoms with Gasteiger partial charge < -0.3 is 19.9 Å². The van der Waals surface area contributed by atoms with Gasteiger partial charge in [0.15, 0.2) is 5.13 Å². The molecule has 0 spiro atoms. The summed E-state index contributed by atoms with van der Waals surface area (Å²) in [5, 5.41) is 4.50. The highest BCUT2D eigenvalue weighted by atomic mass is 32.1. The van der Waals surface area contributed by atoms with E-state index in [0.717, 1.165) is 29.0 Å². The number of likely N-dealkylation sites (N-methyl/N-ethyl adjacent to an activating group) is 1. The van der Waals surface area contributed by atoms with Crippen molar-refractivity contribution in [1.82, 2.24) is 15.2 Å². The van der Waals surface area contributed by atoms with Crippen LogP contribution in [0.1, 0.15) is 18.7 Å². The van der Waals surface area contributed by atoms with Crippen LogP contribution >= 0.6 is 11.3 Å². The summed E-state index contributed by atoms with van der Waals surface area (Å²) in [6, 6.07) is 0.530. The molecule has 0 amide bonds. The molecule has 1 N–H and O–H groups in total. The lowest BCUT2D eigenvalue weighted by Gasteiger charge is -2.28. The van der Waals surface area contributed by atoms with Crippen molar-refractivity contribution < 1.29 is 4.74 Å². The summed E-state index contributed by atoms with van der Waals surface area (Å²) in [6.07, 6.45) is 0. The van der Waals surface area contributed by atoms with Crippen LogP contribution in [-0.4, -0.2) is 57.8 Å². The van der Waals surface area contributed by atoms with Gasteiger partial charge in [-0.2, -0.15) is 4.98 Å². The number of thiazole rings is 1. The predicted octanol–water partition coefficient (Wildman–Crippen LogP) is 1.89. The number of rotatable bonds is 8. The van der Waals surface area contributed by atoms with Gasteiger partial charge in [-0.3, -0.25) is 0 Å². The maximum atomic E-state index is 5.35. The smallest absolute Gasteiger partial charge is 0.230 e. The van der Waals surface area contributed by atoms with Crippen molar-refractivity contribution in [2.45, 2.75) is 26.4 Å². The lowest BCUT2D eigenvalue weighted by Crippen LogP contribution is -2.41. The monoisotopic (exact) mass is 300 g/mol. The molecule has 1 heterocycles.